The fraction of sp³-hybridized carbons (Fsp3) is 0.667. The molecule has 0 unspecified atom stereocenters. The van der Waals surface area contributed by atoms with Crippen LogP contribution in [0.25, 0.3) is 0 Å². The van der Waals surface area contributed by atoms with Crippen LogP contribution in [0.4, 0.5) is 14.9 Å². The van der Waals surface area contributed by atoms with Crippen molar-refractivity contribution in [3.05, 3.63) is 24.0 Å². The zero-order valence-electron chi connectivity index (χ0n) is 22.8. The lowest BCUT2D eigenvalue weighted by Gasteiger charge is -2.39. The molecule has 2 fully saturated rings. The quantitative estimate of drug-likeness (QED) is 0.526. The second-order valence-electron chi connectivity index (χ2n) is 11.0. The van der Waals surface area contributed by atoms with Gasteiger partial charge in [-0.05, 0) is 66.5 Å². The summed E-state index contributed by atoms with van der Waals surface area (Å²) in [6, 6.07) is 4.40. The van der Waals surface area contributed by atoms with Crippen molar-refractivity contribution in [2.24, 2.45) is 5.92 Å². The highest BCUT2D eigenvalue weighted by Gasteiger charge is 2.37. The van der Waals surface area contributed by atoms with Gasteiger partial charge in [0, 0.05) is 45.3 Å². The van der Waals surface area contributed by atoms with E-state index >= 15 is 0 Å². The minimum Gasteiger partial charge on any atom is -0.478 e. The summed E-state index contributed by atoms with van der Waals surface area (Å²) in [4.78, 5) is 42.9. The number of rotatable bonds is 6. The molecule has 9 nitrogen and oxygen atoms in total. The summed E-state index contributed by atoms with van der Waals surface area (Å²) in [5.41, 5.74) is -1.46. The molecular weight excluding hydrogens is 481 g/mol. The fourth-order valence-electron chi connectivity index (χ4n) is 4.58. The molecule has 0 saturated carbocycles. The van der Waals surface area contributed by atoms with Gasteiger partial charge < -0.3 is 28.9 Å². The normalized spacial score (nSPS) is 18.9. The Bertz CT molecular complexity index is 985. The van der Waals surface area contributed by atoms with Crippen LogP contribution >= 0.6 is 0 Å². The number of amides is 2. The lowest BCUT2D eigenvalue weighted by molar-refractivity contribution is -0.148. The monoisotopic (exact) mass is 521 g/mol. The van der Waals surface area contributed by atoms with Gasteiger partial charge >= 0.3 is 12.1 Å². The van der Waals surface area contributed by atoms with Gasteiger partial charge in [-0.25, -0.2) is 9.18 Å². The van der Waals surface area contributed by atoms with Crippen molar-refractivity contribution in [2.75, 3.05) is 50.8 Å². The van der Waals surface area contributed by atoms with Gasteiger partial charge in [-0.15, -0.1) is 0 Å². The van der Waals surface area contributed by atoms with Gasteiger partial charge in [-0.1, -0.05) is 0 Å². The molecule has 37 heavy (non-hydrogen) atoms. The van der Waals surface area contributed by atoms with Gasteiger partial charge in [0.25, 0.3) is 5.91 Å². The molecular formula is C27H40FN3O6. The molecule has 10 heteroatoms. The molecule has 206 valence electrons. The maximum Gasteiger partial charge on any atom is 0.410 e. The van der Waals surface area contributed by atoms with Crippen LogP contribution in [0.5, 0.6) is 5.75 Å². The average Bonchev–Trinajstić information content (AvgIpc) is 2.84. The highest BCUT2D eigenvalue weighted by Crippen LogP contribution is 2.31. The summed E-state index contributed by atoms with van der Waals surface area (Å²) in [6.45, 7) is 13.3. The van der Waals surface area contributed by atoms with Crippen molar-refractivity contribution in [2.45, 2.75) is 65.6 Å². The Labute approximate surface area is 218 Å². The minimum absolute atomic E-state index is 0.220. The molecule has 2 heterocycles. The molecule has 0 bridgehead atoms. The van der Waals surface area contributed by atoms with E-state index in [1.807, 2.05) is 25.7 Å². The first kappa shape index (κ1) is 28.5. The van der Waals surface area contributed by atoms with Gasteiger partial charge in [-0.3, -0.25) is 9.59 Å². The van der Waals surface area contributed by atoms with Crippen LogP contribution < -0.4 is 9.64 Å². The summed E-state index contributed by atoms with van der Waals surface area (Å²) >= 11 is 0. The number of carbonyl (C=O) groups excluding carboxylic acids is 3. The standard InChI is InChI=1S/C27H40FN3O6/c1-7-35-23(32)19-9-8-12-31(18-19)22-17-20(10-11-21(22)28)36-27(5,6)24(33)29-13-15-30(16-14-29)25(34)37-26(2,3)4/h10-11,17,19H,7-9,12-16,18H2,1-6H3/t19-/m1/s1. The molecule has 2 aliphatic heterocycles. The highest BCUT2D eigenvalue weighted by atomic mass is 19.1. The van der Waals surface area contributed by atoms with E-state index in [0.29, 0.717) is 63.7 Å². The number of piperidine rings is 1. The number of halogens is 1. The third-order valence-corrected chi connectivity index (χ3v) is 6.41. The Balaban J connectivity index is 1.63. The van der Waals surface area contributed by atoms with Crippen LogP contribution in [0.1, 0.15) is 54.4 Å². The zero-order valence-corrected chi connectivity index (χ0v) is 22.8. The van der Waals surface area contributed by atoms with Gasteiger partial charge in [0.1, 0.15) is 17.2 Å². The summed E-state index contributed by atoms with van der Waals surface area (Å²) in [6.07, 6.45) is 1.06. The smallest absolute Gasteiger partial charge is 0.410 e. The molecule has 3 rings (SSSR count). The molecule has 0 radical (unpaired) electrons. The van der Waals surface area contributed by atoms with E-state index in [4.69, 9.17) is 14.2 Å². The van der Waals surface area contributed by atoms with E-state index in [1.165, 1.54) is 12.1 Å². The molecule has 0 spiro atoms. The summed E-state index contributed by atoms with van der Waals surface area (Å²) in [7, 11) is 0. The predicted octanol–water partition coefficient (Wildman–Crippen LogP) is 3.84. The average molecular weight is 522 g/mol. The number of hydrogen-bond acceptors (Lipinski definition) is 7. The largest absolute Gasteiger partial charge is 0.478 e. The summed E-state index contributed by atoms with van der Waals surface area (Å²) < 4.78 is 31.4. The van der Waals surface area contributed by atoms with Gasteiger partial charge in [0.05, 0.1) is 18.2 Å². The van der Waals surface area contributed by atoms with E-state index in [0.717, 1.165) is 6.42 Å². The third-order valence-electron chi connectivity index (χ3n) is 6.41. The van der Waals surface area contributed by atoms with Crippen molar-refractivity contribution in [3.63, 3.8) is 0 Å². The second kappa shape index (κ2) is 11.6. The Morgan fingerprint density at radius 3 is 2.27 bits per heavy atom. The van der Waals surface area contributed by atoms with E-state index in [2.05, 4.69) is 0 Å². The molecule has 2 amide bonds. The van der Waals surface area contributed by atoms with Crippen molar-refractivity contribution >= 4 is 23.7 Å². The Morgan fingerprint density at radius 1 is 1.00 bits per heavy atom. The van der Waals surface area contributed by atoms with Crippen LogP contribution in [0, 0.1) is 11.7 Å². The van der Waals surface area contributed by atoms with Gasteiger partial charge in [0.2, 0.25) is 0 Å². The molecule has 1 atom stereocenters. The van der Waals surface area contributed by atoms with Crippen LogP contribution in [-0.4, -0.2) is 84.8 Å². The zero-order chi connectivity index (χ0) is 27.4. The van der Waals surface area contributed by atoms with Crippen LogP contribution in [-0.2, 0) is 19.1 Å². The van der Waals surface area contributed by atoms with Crippen molar-refractivity contribution < 1.29 is 33.0 Å². The molecule has 2 aliphatic rings. The van der Waals surface area contributed by atoms with Gasteiger partial charge in [-0.2, -0.15) is 0 Å². The Morgan fingerprint density at radius 2 is 1.65 bits per heavy atom. The van der Waals surface area contributed by atoms with E-state index in [1.54, 1.807) is 36.6 Å². The highest BCUT2D eigenvalue weighted by molar-refractivity contribution is 5.85. The number of hydrogen-bond donors (Lipinski definition) is 0. The number of nitrogens with zero attached hydrogens (tertiary/aromatic N) is 3. The van der Waals surface area contributed by atoms with E-state index in [-0.39, 0.29) is 17.8 Å². The van der Waals surface area contributed by atoms with Crippen LogP contribution in [0.2, 0.25) is 0 Å². The number of esters is 1. The topological polar surface area (TPSA) is 88.6 Å². The second-order valence-corrected chi connectivity index (χ2v) is 11.0. The first-order chi connectivity index (χ1) is 17.3. The maximum absolute atomic E-state index is 14.8. The molecule has 0 aliphatic carbocycles. The van der Waals surface area contributed by atoms with E-state index < -0.39 is 23.1 Å². The van der Waals surface area contributed by atoms with Crippen molar-refractivity contribution in [1.82, 2.24) is 9.80 Å². The number of anilines is 1. The van der Waals surface area contributed by atoms with Crippen molar-refractivity contribution in [3.8, 4) is 5.75 Å². The molecule has 2 saturated heterocycles. The number of benzene rings is 1. The Hall–Kier alpha value is -3.04. The first-order valence-electron chi connectivity index (χ1n) is 13.0. The SMILES string of the molecule is CCOC(=O)[C@@H]1CCCN(c2cc(OC(C)(C)C(=O)N3CCN(C(=O)OC(C)(C)C)CC3)ccc2F)C1. The molecule has 0 aromatic heterocycles. The van der Waals surface area contributed by atoms with E-state index in [9.17, 15) is 18.8 Å². The first-order valence-corrected chi connectivity index (χ1v) is 13.0. The van der Waals surface area contributed by atoms with Crippen LogP contribution in [0.3, 0.4) is 0 Å². The molecule has 0 N–H and O–H groups in total. The molecule has 1 aromatic carbocycles. The maximum atomic E-state index is 14.8. The molecule has 1 aromatic rings. The lowest BCUT2D eigenvalue weighted by Crippen LogP contribution is -2.57. The lowest BCUT2D eigenvalue weighted by atomic mass is 9.97. The third kappa shape index (κ3) is 7.49. The predicted molar refractivity (Wildman–Crippen MR) is 137 cm³/mol. The Kier molecular flexibility index (Phi) is 8.92. The number of piperazine rings is 1. The summed E-state index contributed by atoms with van der Waals surface area (Å²) in [5, 5.41) is 0. The minimum atomic E-state index is -1.21. The fourth-order valence-corrected chi connectivity index (χ4v) is 4.58. The van der Waals surface area contributed by atoms with Crippen LogP contribution in [0.15, 0.2) is 18.2 Å². The van der Waals surface area contributed by atoms with Crippen molar-refractivity contribution in [1.29, 1.82) is 0 Å². The number of ether oxygens (including phenoxy) is 3. The van der Waals surface area contributed by atoms with Gasteiger partial charge in [0.15, 0.2) is 5.60 Å². The number of carbonyl (C=O) groups is 3. The summed E-state index contributed by atoms with van der Waals surface area (Å²) in [5.74, 6) is -0.851.